The first-order chi connectivity index (χ1) is 12.9. The predicted octanol–water partition coefficient (Wildman–Crippen LogP) is 2.13. The van der Waals surface area contributed by atoms with Crippen LogP contribution in [0.3, 0.4) is 0 Å². The Bertz CT molecular complexity index is 849. The highest BCUT2D eigenvalue weighted by atomic mass is 32.1. The molecule has 2 heterocycles. The van der Waals surface area contributed by atoms with Crippen LogP contribution in [0.25, 0.3) is 0 Å². The molecule has 142 valence electrons. The lowest BCUT2D eigenvalue weighted by molar-refractivity contribution is -0.136. The molecule has 1 aromatic carbocycles. The molecular formula is C18H19N3O5S. The molecule has 0 saturated carbocycles. The number of rotatable bonds is 6. The Morgan fingerprint density at radius 1 is 1.33 bits per heavy atom. The molecule has 1 saturated heterocycles. The second-order valence-electron chi connectivity index (χ2n) is 5.94. The van der Waals surface area contributed by atoms with Crippen LogP contribution in [0, 0.1) is 6.92 Å². The van der Waals surface area contributed by atoms with Crippen LogP contribution in [-0.2, 0) is 16.1 Å². The highest BCUT2D eigenvalue weighted by Crippen LogP contribution is 2.17. The normalized spacial score (nSPS) is 14.6. The van der Waals surface area contributed by atoms with Gasteiger partial charge in [-0.2, -0.15) is 0 Å². The van der Waals surface area contributed by atoms with Crippen molar-refractivity contribution in [2.75, 3.05) is 13.1 Å². The van der Waals surface area contributed by atoms with Crippen molar-refractivity contribution in [1.29, 1.82) is 0 Å². The van der Waals surface area contributed by atoms with E-state index in [2.05, 4.69) is 10.3 Å². The molecule has 0 aliphatic carbocycles. The maximum atomic E-state index is 12.2. The van der Waals surface area contributed by atoms with E-state index in [1.807, 2.05) is 12.3 Å². The van der Waals surface area contributed by atoms with E-state index in [1.165, 1.54) is 6.92 Å². The molecule has 2 aromatic rings. The number of nitrogens with zero attached hydrogens (tertiary/aromatic N) is 2. The van der Waals surface area contributed by atoms with Gasteiger partial charge in [-0.05, 0) is 38.1 Å². The molecule has 27 heavy (non-hydrogen) atoms. The molecule has 1 aromatic heterocycles. The highest BCUT2D eigenvalue weighted by molar-refractivity contribution is 7.09. The standard InChI is InChI=1S/C18H19N3O5S/c1-11(16(22)21-8-7-19-18(21)24)26-17(23)13-3-5-15(6-4-13)25-9-14-10-27-12(2)20-14/h3-6,10-11H,7-9H2,1-2H3,(H,19,24)/t11-/m0/s1. The number of aromatic nitrogens is 1. The zero-order valence-corrected chi connectivity index (χ0v) is 15.7. The molecule has 1 aliphatic heterocycles. The van der Waals surface area contributed by atoms with Gasteiger partial charge >= 0.3 is 12.0 Å². The fraction of sp³-hybridized carbons (Fsp3) is 0.333. The number of imide groups is 1. The Kier molecular flexibility index (Phi) is 5.70. The molecule has 0 bridgehead atoms. The van der Waals surface area contributed by atoms with Gasteiger partial charge in [0.05, 0.1) is 16.3 Å². The van der Waals surface area contributed by atoms with Crippen molar-refractivity contribution < 1.29 is 23.9 Å². The van der Waals surface area contributed by atoms with Gasteiger partial charge in [0.2, 0.25) is 0 Å². The molecule has 8 nitrogen and oxygen atoms in total. The van der Waals surface area contributed by atoms with E-state index < -0.39 is 24.0 Å². The molecule has 1 N–H and O–H groups in total. The number of nitrogens with one attached hydrogen (secondary N) is 1. The van der Waals surface area contributed by atoms with Crippen molar-refractivity contribution in [2.24, 2.45) is 0 Å². The molecule has 1 aliphatic rings. The Hall–Kier alpha value is -2.94. The van der Waals surface area contributed by atoms with E-state index in [-0.39, 0.29) is 12.1 Å². The topological polar surface area (TPSA) is 97.8 Å². The van der Waals surface area contributed by atoms with Gasteiger partial charge in [0.15, 0.2) is 6.10 Å². The number of hydrogen-bond acceptors (Lipinski definition) is 7. The van der Waals surface area contributed by atoms with E-state index in [4.69, 9.17) is 9.47 Å². The average molecular weight is 389 g/mol. The fourth-order valence-corrected chi connectivity index (χ4v) is 3.10. The van der Waals surface area contributed by atoms with Gasteiger partial charge in [0, 0.05) is 18.5 Å². The molecule has 0 radical (unpaired) electrons. The summed E-state index contributed by atoms with van der Waals surface area (Å²) in [7, 11) is 0. The minimum atomic E-state index is -1.05. The van der Waals surface area contributed by atoms with Crippen molar-refractivity contribution in [1.82, 2.24) is 15.2 Å². The highest BCUT2D eigenvalue weighted by Gasteiger charge is 2.31. The Morgan fingerprint density at radius 2 is 2.07 bits per heavy atom. The predicted molar refractivity (Wildman–Crippen MR) is 97.6 cm³/mol. The second kappa shape index (κ2) is 8.17. The molecule has 1 atom stereocenters. The third-order valence-corrected chi connectivity index (χ3v) is 4.72. The minimum absolute atomic E-state index is 0.268. The average Bonchev–Trinajstić information content (AvgIpc) is 3.27. The van der Waals surface area contributed by atoms with Gasteiger partial charge in [0.1, 0.15) is 12.4 Å². The summed E-state index contributed by atoms with van der Waals surface area (Å²) in [6.07, 6.45) is -1.05. The Morgan fingerprint density at radius 3 is 2.67 bits per heavy atom. The summed E-state index contributed by atoms with van der Waals surface area (Å²) >= 11 is 1.55. The molecule has 3 amide bonds. The van der Waals surface area contributed by atoms with Crippen molar-refractivity contribution in [3.05, 3.63) is 45.9 Å². The number of carbonyl (C=O) groups is 3. The fourth-order valence-electron chi connectivity index (χ4n) is 2.50. The van der Waals surface area contributed by atoms with Crippen LogP contribution >= 0.6 is 11.3 Å². The lowest BCUT2D eigenvalue weighted by Crippen LogP contribution is -2.41. The SMILES string of the molecule is Cc1nc(COc2ccc(C(=O)O[C@@H](C)C(=O)N3CCNC3=O)cc2)cs1. The summed E-state index contributed by atoms with van der Waals surface area (Å²) < 4.78 is 10.8. The van der Waals surface area contributed by atoms with Crippen molar-refractivity contribution in [3.63, 3.8) is 0 Å². The van der Waals surface area contributed by atoms with Crippen LogP contribution in [0.4, 0.5) is 4.79 Å². The zero-order chi connectivity index (χ0) is 19.4. The van der Waals surface area contributed by atoms with Gasteiger partial charge in [0.25, 0.3) is 5.91 Å². The van der Waals surface area contributed by atoms with Gasteiger partial charge in [-0.3, -0.25) is 9.69 Å². The number of esters is 1. The first-order valence-corrected chi connectivity index (χ1v) is 9.26. The molecular weight excluding hydrogens is 370 g/mol. The summed E-state index contributed by atoms with van der Waals surface area (Å²) in [5.74, 6) is -0.593. The van der Waals surface area contributed by atoms with E-state index in [0.717, 1.165) is 15.6 Å². The van der Waals surface area contributed by atoms with Crippen LogP contribution in [0.15, 0.2) is 29.6 Å². The maximum absolute atomic E-state index is 12.2. The van der Waals surface area contributed by atoms with Gasteiger partial charge < -0.3 is 14.8 Å². The van der Waals surface area contributed by atoms with Crippen LogP contribution in [0.1, 0.15) is 28.0 Å². The largest absolute Gasteiger partial charge is 0.487 e. The van der Waals surface area contributed by atoms with Crippen LogP contribution in [0.5, 0.6) is 5.75 Å². The molecule has 0 spiro atoms. The van der Waals surface area contributed by atoms with Crippen LogP contribution < -0.4 is 10.1 Å². The second-order valence-corrected chi connectivity index (χ2v) is 7.00. The van der Waals surface area contributed by atoms with E-state index in [9.17, 15) is 14.4 Å². The monoisotopic (exact) mass is 389 g/mol. The summed E-state index contributed by atoms with van der Waals surface area (Å²) in [6.45, 7) is 4.38. The number of thiazole rings is 1. The zero-order valence-electron chi connectivity index (χ0n) is 14.9. The van der Waals surface area contributed by atoms with Crippen molar-refractivity contribution >= 4 is 29.2 Å². The number of aryl methyl sites for hydroxylation is 1. The van der Waals surface area contributed by atoms with Gasteiger partial charge in [-0.1, -0.05) is 0 Å². The first kappa shape index (κ1) is 18.8. The lowest BCUT2D eigenvalue weighted by atomic mass is 10.2. The number of urea groups is 1. The smallest absolute Gasteiger partial charge is 0.338 e. The van der Waals surface area contributed by atoms with Crippen LogP contribution in [0.2, 0.25) is 0 Å². The quantitative estimate of drug-likeness (QED) is 0.760. The number of carbonyl (C=O) groups excluding carboxylic acids is 3. The maximum Gasteiger partial charge on any atom is 0.338 e. The summed E-state index contributed by atoms with van der Waals surface area (Å²) in [6, 6.07) is 5.94. The van der Waals surface area contributed by atoms with Crippen molar-refractivity contribution in [2.45, 2.75) is 26.6 Å². The summed E-state index contributed by atoms with van der Waals surface area (Å²) in [4.78, 5) is 41.2. The summed E-state index contributed by atoms with van der Waals surface area (Å²) in [5.41, 5.74) is 1.14. The number of hydrogen-bond donors (Lipinski definition) is 1. The lowest BCUT2D eigenvalue weighted by Gasteiger charge is -2.18. The molecule has 1 fully saturated rings. The molecule has 0 unspecified atom stereocenters. The first-order valence-electron chi connectivity index (χ1n) is 8.38. The Balaban J connectivity index is 1.53. The molecule has 9 heteroatoms. The minimum Gasteiger partial charge on any atom is -0.487 e. The van der Waals surface area contributed by atoms with E-state index in [1.54, 1.807) is 35.6 Å². The van der Waals surface area contributed by atoms with Crippen molar-refractivity contribution in [3.8, 4) is 5.75 Å². The van der Waals surface area contributed by atoms with Crippen LogP contribution in [-0.4, -0.2) is 47.0 Å². The van der Waals surface area contributed by atoms with E-state index >= 15 is 0 Å². The number of benzene rings is 1. The van der Waals surface area contributed by atoms with E-state index in [0.29, 0.717) is 18.9 Å². The van der Waals surface area contributed by atoms with Gasteiger partial charge in [-0.25, -0.2) is 14.6 Å². The number of amides is 3. The summed E-state index contributed by atoms with van der Waals surface area (Å²) in [5, 5.41) is 5.43. The number of ether oxygens (including phenoxy) is 2. The Labute approximate surface area is 160 Å². The molecule has 3 rings (SSSR count). The third-order valence-electron chi connectivity index (χ3n) is 3.90. The van der Waals surface area contributed by atoms with Gasteiger partial charge in [-0.15, -0.1) is 11.3 Å². The third kappa shape index (κ3) is 4.62.